The molecule has 0 radical (unpaired) electrons. The molecule has 0 heterocycles. The van der Waals surface area contributed by atoms with Crippen LogP contribution in [-0.4, -0.2) is 32.3 Å². The van der Waals surface area contributed by atoms with Crippen LogP contribution < -0.4 is 10.6 Å². The summed E-state index contributed by atoms with van der Waals surface area (Å²) in [7, 11) is 1.80. The summed E-state index contributed by atoms with van der Waals surface area (Å²) in [5, 5.41) is 6.64. The summed E-state index contributed by atoms with van der Waals surface area (Å²) in [6.45, 7) is 2.52. The predicted molar refractivity (Wildman–Crippen MR) is 87.5 cm³/mol. The zero-order chi connectivity index (χ0) is 14.8. The fourth-order valence-corrected chi connectivity index (χ4v) is 2.59. The minimum atomic E-state index is 0.514. The zero-order valence-corrected chi connectivity index (χ0v) is 13.0. The van der Waals surface area contributed by atoms with E-state index in [-0.39, 0.29) is 0 Å². The van der Waals surface area contributed by atoms with Crippen molar-refractivity contribution >= 4 is 5.96 Å². The zero-order valence-electron chi connectivity index (χ0n) is 13.0. The maximum Gasteiger partial charge on any atom is 0.191 e. The van der Waals surface area contributed by atoms with Crippen molar-refractivity contribution < 1.29 is 4.74 Å². The van der Waals surface area contributed by atoms with Crippen LogP contribution in [0.2, 0.25) is 0 Å². The van der Waals surface area contributed by atoms with Gasteiger partial charge in [-0.2, -0.15) is 0 Å². The van der Waals surface area contributed by atoms with Gasteiger partial charge in [-0.1, -0.05) is 43.2 Å². The Morgan fingerprint density at radius 3 is 2.67 bits per heavy atom. The van der Waals surface area contributed by atoms with E-state index in [1.807, 2.05) is 18.2 Å². The lowest BCUT2D eigenvalue weighted by Crippen LogP contribution is -2.37. The molecule has 0 atom stereocenters. The second-order valence-corrected chi connectivity index (χ2v) is 5.47. The van der Waals surface area contributed by atoms with E-state index in [4.69, 9.17) is 4.74 Å². The van der Waals surface area contributed by atoms with Crippen molar-refractivity contribution in [3.05, 3.63) is 35.9 Å². The average Bonchev–Trinajstić information content (AvgIpc) is 3.04. The Labute approximate surface area is 128 Å². The first kappa shape index (κ1) is 15.8. The number of ether oxygens (including phenoxy) is 1. The lowest BCUT2D eigenvalue weighted by Gasteiger charge is -2.13. The Morgan fingerprint density at radius 1 is 1.19 bits per heavy atom. The molecule has 4 heteroatoms. The van der Waals surface area contributed by atoms with Gasteiger partial charge in [-0.15, -0.1) is 0 Å². The standard InChI is InChI=1S/C17H27N3O/c1-18-17(20-14-15-8-3-2-4-9-15)19-12-7-13-21-16-10-5-6-11-16/h2-4,8-9,16H,5-7,10-14H2,1H3,(H2,18,19,20). The summed E-state index contributed by atoms with van der Waals surface area (Å²) in [5.74, 6) is 0.847. The molecule has 116 valence electrons. The van der Waals surface area contributed by atoms with Crippen molar-refractivity contribution in [2.75, 3.05) is 20.2 Å². The molecule has 0 aliphatic heterocycles. The summed E-state index contributed by atoms with van der Waals surface area (Å²) in [6.07, 6.45) is 6.68. The summed E-state index contributed by atoms with van der Waals surface area (Å²) < 4.78 is 5.85. The van der Waals surface area contributed by atoms with Gasteiger partial charge < -0.3 is 15.4 Å². The SMILES string of the molecule is CN=C(NCCCOC1CCCC1)NCc1ccccc1. The molecule has 1 aliphatic rings. The van der Waals surface area contributed by atoms with Crippen LogP contribution in [0.3, 0.4) is 0 Å². The third-order valence-electron chi connectivity index (χ3n) is 3.80. The molecule has 1 saturated carbocycles. The van der Waals surface area contributed by atoms with Crippen LogP contribution in [0.4, 0.5) is 0 Å². The van der Waals surface area contributed by atoms with E-state index in [9.17, 15) is 0 Å². The largest absolute Gasteiger partial charge is 0.378 e. The van der Waals surface area contributed by atoms with Gasteiger partial charge in [0.05, 0.1) is 6.10 Å². The molecule has 21 heavy (non-hydrogen) atoms. The molecule has 0 aromatic heterocycles. The number of rotatable bonds is 7. The Kier molecular flexibility index (Phi) is 7.08. The molecule has 0 spiro atoms. The number of hydrogen-bond donors (Lipinski definition) is 2. The summed E-state index contributed by atoms with van der Waals surface area (Å²) in [4.78, 5) is 4.23. The van der Waals surface area contributed by atoms with Crippen LogP contribution in [0.1, 0.15) is 37.7 Å². The maximum atomic E-state index is 5.85. The normalized spacial score (nSPS) is 16.1. The molecule has 1 aromatic carbocycles. The van der Waals surface area contributed by atoms with E-state index in [1.165, 1.54) is 31.2 Å². The molecule has 0 unspecified atom stereocenters. The van der Waals surface area contributed by atoms with Crippen molar-refractivity contribution in [2.24, 2.45) is 4.99 Å². The minimum absolute atomic E-state index is 0.514. The van der Waals surface area contributed by atoms with Gasteiger partial charge in [0.1, 0.15) is 0 Å². The number of nitrogens with zero attached hydrogens (tertiary/aromatic N) is 1. The Balaban J connectivity index is 1.55. The highest BCUT2D eigenvalue weighted by molar-refractivity contribution is 5.79. The molecule has 4 nitrogen and oxygen atoms in total. The first-order valence-electron chi connectivity index (χ1n) is 7.98. The van der Waals surface area contributed by atoms with Crippen LogP contribution in [0, 0.1) is 0 Å². The van der Waals surface area contributed by atoms with Crippen molar-refractivity contribution in [1.29, 1.82) is 0 Å². The highest BCUT2D eigenvalue weighted by atomic mass is 16.5. The van der Waals surface area contributed by atoms with Gasteiger partial charge in [-0.05, 0) is 24.8 Å². The number of aliphatic imine (C=N–C) groups is 1. The lowest BCUT2D eigenvalue weighted by atomic mass is 10.2. The molecule has 2 rings (SSSR count). The Bertz CT molecular complexity index is 413. The molecular formula is C17H27N3O. The predicted octanol–water partition coefficient (Wildman–Crippen LogP) is 2.70. The molecule has 0 bridgehead atoms. The van der Waals surface area contributed by atoms with Crippen LogP contribution in [-0.2, 0) is 11.3 Å². The summed E-state index contributed by atoms with van der Waals surface area (Å²) in [6, 6.07) is 10.3. The fraction of sp³-hybridized carbons (Fsp3) is 0.588. The smallest absolute Gasteiger partial charge is 0.191 e. The lowest BCUT2D eigenvalue weighted by molar-refractivity contribution is 0.0574. The average molecular weight is 289 g/mol. The molecule has 1 aromatic rings. The van der Waals surface area contributed by atoms with Crippen molar-refractivity contribution in [2.45, 2.75) is 44.8 Å². The number of benzene rings is 1. The molecule has 1 fully saturated rings. The summed E-state index contributed by atoms with van der Waals surface area (Å²) >= 11 is 0. The minimum Gasteiger partial charge on any atom is -0.378 e. The van der Waals surface area contributed by atoms with E-state index in [0.29, 0.717) is 6.10 Å². The van der Waals surface area contributed by atoms with Crippen molar-refractivity contribution in [1.82, 2.24) is 10.6 Å². The first-order chi connectivity index (χ1) is 10.4. The van der Waals surface area contributed by atoms with Crippen molar-refractivity contribution in [3.8, 4) is 0 Å². The first-order valence-corrected chi connectivity index (χ1v) is 7.98. The van der Waals surface area contributed by atoms with Crippen LogP contribution in [0.25, 0.3) is 0 Å². The molecular weight excluding hydrogens is 262 g/mol. The topological polar surface area (TPSA) is 45.7 Å². The number of hydrogen-bond acceptors (Lipinski definition) is 2. The van der Waals surface area contributed by atoms with E-state index >= 15 is 0 Å². The van der Waals surface area contributed by atoms with Crippen LogP contribution in [0.15, 0.2) is 35.3 Å². The monoisotopic (exact) mass is 289 g/mol. The number of nitrogens with one attached hydrogen (secondary N) is 2. The van der Waals surface area contributed by atoms with Crippen LogP contribution in [0.5, 0.6) is 0 Å². The van der Waals surface area contributed by atoms with Gasteiger partial charge in [-0.3, -0.25) is 4.99 Å². The highest BCUT2D eigenvalue weighted by Gasteiger charge is 2.14. The Hall–Kier alpha value is -1.55. The van der Waals surface area contributed by atoms with Gasteiger partial charge in [0, 0.05) is 26.7 Å². The maximum absolute atomic E-state index is 5.85. The van der Waals surface area contributed by atoms with Gasteiger partial charge in [0.15, 0.2) is 5.96 Å². The van der Waals surface area contributed by atoms with E-state index in [0.717, 1.165) is 32.1 Å². The fourth-order valence-electron chi connectivity index (χ4n) is 2.59. The second-order valence-electron chi connectivity index (χ2n) is 5.47. The third-order valence-corrected chi connectivity index (χ3v) is 3.80. The Morgan fingerprint density at radius 2 is 1.95 bits per heavy atom. The quantitative estimate of drug-likeness (QED) is 0.461. The van der Waals surface area contributed by atoms with Gasteiger partial charge >= 0.3 is 0 Å². The van der Waals surface area contributed by atoms with Crippen molar-refractivity contribution in [3.63, 3.8) is 0 Å². The van der Waals surface area contributed by atoms with Gasteiger partial charge in [-0.25, -0.2) is 0 Å². The molecule has 1 aliphatic carbocycles. The molecule has 2 N–H and O–H groups in total. The van der Waals surface area contributed by atoms with Crippen LogP contribution >= 0.6 is 0 Å². The third kappa shape index (κ3) is 6.17. The van der Waals surface area contributed by atoms with E-state index < -0.39 is 0 Å². The van der Waals surface area contributed by atoms with Gasteiger partial charge in [0.25, 0.3) is 0 Å². The highest BCUT2D eigenvalue weighted by Crippen LogP contribution is 2.20. The van der Waals surface area contributed by atoms with E-state index in [2.05, 4.69) is 27.8 Å². The number of guanidine groups is 1. The second kappa shape index (κ2) is 9.40. The molecule has 0 saturated heterocycles. The van der Waals surface area contributed by atoms with Gasteiger partial charge in [0.2, 0.25) is 0 Å². The molecule has 0 amide bonds. The summed E-state index contributed by atoms with van der Waals surface area (Å²) in [5.41, 5.74) is 1.25. The van der Waals surface area contributed by atoms with E-state index in [1.54, 1.807) is 7.05 Å².